The topological polar surface area (TPSA) is 101 Å². The second-order valence-corrected chi connectivity index (χ2v) is 6.63. The second kappa shape index (κ2) is 6.31. The van der Waals surface area contributed by atoms with E-state index in [1.54, 1.807) is 18.7 Å². The van der Waals surface area contributed by atoms with Gasteiger partial charge in [-0.15, -0.1) is 0 Å². The predicted octanol–water partition coefficient (Wildman–Crippen LogP) is 2.52. The van der Waals surface area contributed by atoms with Gasteiger partial charge in [0, 0.05) is 37.5 Å². The molecular weight excluding hydrogens is 344 g/mol. The first-order chi connectivity index (χ1) is 13.3. The van der Waals surface area contributed by atoms with Gasteiger partial charge in [-0.05, 0) is 29.8 Å². The van der Waals surface area contributed by atoms with E-state index in [1.807, 2.05) is 35.2 Å². The first-order valence-corrected chi connectivity index (χ1v) is 8.70. The molecule has 27 heavy (non-hydrogen) atoms. The van der Waals surface area contributed by atoms with Crippen molar-refractivity contribution < 1.29 is 9.32 Å². The standard InChI is InChI=1S/C19H16N6O2/c26-17-7-14(10-25(17)9-12-2-1-5-20-8-12)19-23-18(24-27-19)13-3-4-15-16(6-13)22-11-21-15/h1-6,8,11,14H,7,9-10H2,(H,21,22)/t14-/m0/s1. The summed E-state index contributed by atoms with van der Waals surface area (Å²) in [5, 5.41) is 4.10. The molecule has 1 aliphatic rings. The number of hydrogen-bond acceptors (Lipinski definition) is 6. The molecule has 0 unspecified atom stereocenters. The van der Waals surface area contributed by atoms with Crippen LogP contribution in [0.5, 0.6) is 0 Å². The molecule has 3 aromatic heterocycles. The molecule has 134 valence electrons. The maximum absolute atomic E-state index is 12.4. The third kappa shape index (κ3) is 2.95. The van der Waals surface area contributed by atoms with Crippen LogP contribution in [0.2, 0.25) is 0 Å². The van der Waals surface area contributed by atoms with E-state index in [0.29, 0.717) is 31.2 Å². The Bertz CT molecular complexity index is 1100. The van der Waals surface area contributed by atoms with Gasteiger partial charge in [0.1, 0.15) is 0 Å². The number of likely N-dealkylation sites (tertiary alicyclic amines) is 1. The molecule has 1 aromatic carbocycles. The molecule has 1 aliphatic heterocycles. The van der Waals surface area contributed by atoms with Crippen LogP contribution in [-0.2, 0) is 11.3 Å². The number of aromatic nitrogens is 5. The van der Waals surface area contributed by atoms with Gasteiger partial charge in [-0.25, -0.2) is 4.98 Å². The summed E-state index contributed by atoms with van der Waals surface area (Å²) in [7, 11) is 0. The maximum atomic E-state index is 12.4. The van der Waals surface area contributed by atoms with Crippen LogP contribution in [0.3, 0.4) is 0 Å². The third-order valence-electron chi connectivity index (χ3n) is 4.78. The van der Waals surface area contributed by atoms with Crippen LogP contribution < -0.4 is 0 Å². The minimum atomic E-state index is -0.0914. The molecule has 1 N–H and O–H groups in total. The van der Waals surface area contributed by atoms with Crippen molar-refractivity contribution in [3.8, 4) is 11.4 Å². The minimum absolute atomic E-state index is 0.0856. The minimum Gasteiger partial charge on any atom is -0.345 e. The number of benzene rings is 1. The zero-order valence-corrected chi connectivity index (χ0v) is 14.4. The molecule has 0 aliphatic carbocycles. The predicted molar refractivity (Wildman–Crippen MR) is 96.4 cm³/mol. The summed E-state index contributed by atoms with van der Waals surface area (Å²) in [5.74, 6) is 1.00. The molecule has 0 saturated carbocycles. The number of H-pyrrole nitrogens is 1. The Labute approximate surface area is 154 Å². The van der Waals surface area contributed by atoms with Gasteiger partial charge in [0.2, 0.25) is 17.6 Å². The number of fused-ring (bicyclic) bond motifs is 1. The van der Waals surface area contributed by atoms with Crippen molar-refractivity contribution in [3.05, 3.63) is 60.5 Å². The van der Waals surface area contributed by atoms with Gasteiger partial charge in [-0.2, -0.15) is 4.98 Å². The Morgan fingerprint density at radius 3 is 3.15 bits per heavy atom. The summed E-state index contributed by atoms with van der Waals surface area (Å²) < 4.78 is 5.47. The Morgan fingerprint density at radius 2 is 2.26 bits per heavy atom. The van der Waals surface area contributed by atoms with Crippen LogP contribution in [-0.4, -0.2) is 42.4 Å². The highest BCUT2D eigenvalue weighted by atomic mass is 16.5. The second-order valence-electron chi connectivity index (χ2n) is 6.63. The number of pyridine rings is 1. The van der Waals surface area contributed by atoms with E-state index in [0.717, 1.165) is 22.2 Å². The van der Waals surface area contributed by atoms with Crippen LogP contribution in [0, 0.1) is 0 Å². The normalized spacial score (nSPS) is 17.1. The van der Waals surface area contributed by atoms with E-state index in [9.17, 15) is 4.79 Å². The average molecular weight is 360 g/mol. The molecular formula is C19H16N6O2. The molecule has 0 radical (unpaired) electrons. The Morgan fingerprint density at radius 1 is 1.30 bits per heavy atom. The molecule has 8 nitrogen and oxygen atoms in total. The van der Waals surface area contributed by atoms with Crippen LogP contribution >= 0.6 is 0 Å². The van der Waals surface area contributed by atoms with Gasteiger partial charge in [-0.1, -0.05) is 11.2 Å². The number of imidazole rings is 1. The molecule has 1 saturated heterocycles. The number of rotatable bonds is 4. The van der Waals surface area contributed by atoms with E-state index in [4.69, 9.17) is 4.52 Å². The van der Waals surface area contributed by atoms with Crippen molar-refractivity contribution in [1.29, 1.82) is 0 Å². The largest absolute Gasteiger partial charge is 0.345 e. The lowest BCUT2D eigenvalue weighted by molar-refractivity contribution is -0.128. The van der Waals surface area contributed by atoms with Crippen LogP contribution in [0.1, 0.15) is 23.8 Å². The molecule has 8 heteroatoms. The quantitative estimate of drug-likeness (QED) is 0.600. The molecule has 1 atom stereocenters. The van der Waals surface area contributed by atoms with Crippen molar-refractivity contribution in [2.45, 2.75) is 18.9 Å². The summed E-state index contributed by atoms with van der Waals surface area (Å²) >= 11 is 0. The van der Waals surface area contributed by atoms with E-state index < -0.39 is 0 Å². The van der Waals surface area contributed by atoms with Crippen molar-refractivity contribution in [1.82, 2.24) is 30.0 Å². The van der Waals surface area contributed by atoms with Gasteiger partial charge in [0.15, 0.2) is 0 Å². The summed E-state index contributed by atoms with van der Waals surface area (Å²) in [6.45, 7) is 1.11. The first-order valence-electron chi connectivity index (χ1n) is 8.70. The highest BCUT2D eigenvalue weighted by Gasteiger charge is 2.34. The molecule has 1 fully saturated rings. The van der Waals surface area contributed by atoms with E-state index in [2.05, 4.69) is 25.1 Å². The number of nitrogens with zero attached hydrogens (tertiary/aromatic N) is 5. The van der Waals surface area contributed by atoms with Gasteiger partial charge in [0.05, 0.1) is 23.3 Å². The first kappa shape index (κ1) is 15.7. The van der Waals surface area contributed by atoms with Gasteiger partial charge in [-0.3, -0.25) is 9.78 Å². The third-order valence-corrected chi connectivity index (χ3v) is 4.78. The van der Waals surface area contributed by atoms with E-state index >= 15 is 0 Å². The lowest BCUT2D eigenvalue weighted by Crippen LogP contribution is -2.24. The SMILES string of the molecule is O=C1C[C@H](c2nc(-c3ccc4nc[nH]c4c3)no2)CN1Cc1cccnc1. The van der Waals surface area contributed by atoms with Crippen LogP contribution in [0.15, 0.2) is 53.6 Å². The fourth-order valence-electron chi connectivity index (χ4n) is 3.40. The van der Waals surface area contributed by atoms with Crippen molar-refractivity contribution in [2.75, 3.05) is 6.54 Å². The highest BCUT2D eigenvalue weighted by molar-refractivity contribution is 5.80. The zero-order valence-electron chi connectivity index (χ0n) is 14.4. The smallest absolute Gasteiger partial charge is 0.232 e. The van der Waals surface area contributed by atoms with Crippen molar-refractivity contribution in [2.24, 2.45) is 0 Å². The van der Waals surface area contributed by atoms with Crippen LogP contribution in [0.4, 0.5) is 0 Å². The van der Waals surface area contributed by atoms with Gasteiger partial charge < -0.3 is 14.4 Å². The highest BCUT2D eigenvalue weighted by Crippen LogP contribution is 2.30. The van der Waals surface area contributed by atoms with Crippen molar-refractivity contribution in [3.63, 3.8) is 0 Å². The number of amides is 1. The van der Waals surface area contributed by atoms with Gasteiger partial charge >= 0.3 is 0 Å². The van der Waals surface area contributed by atoms with Gasteiger partial charge in [0.25, 0.3) is 0 Å². The lowest BCUT2D eigenvalue weighted by Gasteiger charge is -2.15. The molecule has 4 aromatic rings. The summed E-state index contributed by atoms with van der Waals surface area (Å²) in [5.41, 5.74) is 3.65. The summed E-state index contributed by atoms with van der Waals surface area (Å²) in [6.07, 6.45) is 5.52. The van der Waals surface area contributed by atoms with E-state index in [-0.39, 0.29) is 11.8 Å². The fourth-order valence-corrected chi connectivity index (χ4v) is 3.40. The number of aromatic amines is 1. The molecule has 0 bridgehead atoms. The number of carbonyl (C=O) groups is 1. The Hall–Kier alpha value is -3.55. The number of hydrogen-bond donors (Lipinski definition) is 1. The van der Waals surface area contributed by atoms with Crippen LogP contribution in [0.25, 0.3) is 22.4 Å². The molecule has 4 heterocycles. The molecule has 0 spiro atoms. The monoisotopic (exact) mass is 360 g/mol. The lowest BCUT2D eigenvalue weighted by atomic mass is 10.1. The fraction of sp³-hybridized carbons (Fsp3) is 0.211. The zero-order chi connectivity index (χ0) is 18.2. The average Bonchev–Trinajstić information content (AvgIpc) is 3.42. The number of carbonyl (C=O) groups excluding carboxylic acids is 1. The number of nitrogens with one attached hydrogen (secondary N) is 1. The summed E-state index contributed by atoms with van der Waals surface area (Å²) in [6, 6.07) is 9.59. The Kier molecular flexibility index (Phi) is 3.67. The maximum Gasteiger partial charge on any atom is 0.232 e. The van der Waals surface area contributed by atoms with Crippen molar-refractivity contribution >= 4 is 16.9 Å². The summed E-state index contributed by atoms with van der Waals surface area (Å²) in [4.78, 5) is 30.1. The molecule has 1 amide bonds. The Balaban J connectivity index is 1.34. The van der Waals surface area contributed by atoms with E-state index in [1.165, 1.54) is 0 Å². The molecule has 5 rings (SSSR count).